The average Bonchev–Trinajstić information content (AvgIpc) is 2.98. The predicted molar refractivity (Wildman–Crippen MR) is 113 cm³/mol. The summed E-state index contributed by atoms with van der Waals surface area (Å²) in [6, 6.07) is 6.46. The topological polar surface area (TPSA) is 62.1 Å². The Hall–Kier alpha value is -1.98. The van der Waals surface area contributed by atoms with E-state index in [2.05, 4.69) is 52.8 Å². The summed E-state index contributed by atoms with van der Waals surface area (Å²) in [5.74, 6) is -0.308. The third-order valence-corrected chi connectivity index (χ3v) is 6.89. The summed E-state index contributed by atoms with van der Waals surface area (Å²) in [7, 11) is 0. The molecule has 29 heavy (non-hydrogen) atoms. The zero-order valence-corrected chi connectivity index (χ0v) is 18.7. The Balaban J connectivity index is 1.90. The van der Waals surface area contributed by atoms with Crippen molar-refractivity contribution in [3.8, 4) is 11.8 Å². The highest BCUT2D eigenvalue weighted by atomic mass is 79.9. The molecule has 1 N–H and O–H groups in total. The van der Waals surface area contributed by atoms with Crippen molar-refractivity contribution in [1.29, 1.82) is 5.26 Å². The molecule has 1 atom stereocenters. The highest BCUT2D eigenvalue weighted by Crippen LogP contribution is 2.44. The largest absolute Gasteiger partial charge is 0.434 e. The molecule has 0 saturated carbocycles. The molecule has 154 valence electrons. The molecule has 1 aliphatic carbocycles. The first-order valence-corrected chi connectivity index (χ1v) is 10.8. The molecule has 1 heterocycles. The molecule has 1 aromatic carbocycles. The van der Waals surface area contributed by atoms with E-state index in [9.17, 15) is 18.8 Å². The molecule has 0 spiro atoms. The maximum atomic E-state index is 12.8. The smallest absolute Gasteiger partial charge is 0.387 e. The van der Waals surface area contributed by atoms with Crippen molar-refractivity contribution >= 4 is 38.2 Å². The first-order valence-electron chi connectivity index (χ1n) is 9.20. The molecule has 1 amide bonds. The van der Waals surface area contributed by atoms with Gasteiger partial charge in [-0.15, -0.1) is 11.3 Å². The molecule has 1 aliphatic rings. The molecule has 0 fully saturated rings. The Morgan fingerprint density at radius 1 is 1.41 bits per heavy atom. The number of benzene rings is 1. The molecular formula is C21H21BrF2N2O2S. The Bertz CT molecular complexity index is 976. The maximum Gasteiger partial charge on any atom is 0.387 e. The van der Waals surface area contributed by atoms with Crippen LogP contribution in [0, 0.1) is 22.7 Å². The van der Waals surface area contributed by atoms with Gasteiger partial charge in [-0.25, -0.2) is 0 Å². The van der Waals surface area contributed by atoms with Crippen molar-refractivity contribution in [2.45, 2.75) is 46.6 Å². The number of ether oxygens (including phenoxy) is 1. The number of nitrogens with zero attached hydrogens (tertiary/aromatic N) is 1. The molecule has 8 heteroatoms. The van der Waals surface area contributed by atoms with Crippen molar-refractivity contribution in [3.63, 3.8) is 0 Å². The summed E-state index contributed by atoms with van der Waals surface area (Å²) >= 11 is 4.64. The van der Waals surface area contributed by atoms with Crippen LogP contribution in [0.5, 0.6) is 5.75 Å². The van der Waals surface area contributed by atoms with Gasteiger partial charge >= 0.3 is 6.61 Å². The van der Waals surface area contributed by atoms with Gasteiger partial charge in [0.2, 0.25) is 0 Å². The molecule has 0 unspecified atom stereocenters. The third kappa shape index (κ3) is 4.78. The Labute approximate surface area is 181 Å². The van der Waals surface area contributed by atoms with Crippen molar-refractivity contribution in [1.82, 2.24) is 0 Å². The Morgan fingerprint density at radius 2 is 2.14 bits per heavy atom. The van der Waals surface area contributed by atoms with Crippen LogP contribution in [0.15, 0.2) is 22.7 Å². The standard InChI is InChI=1S/C21H21BrF2N2O2S/c1-21(2,3)11-4-6-13-15(10-25)19(29-17(13)8-11)26-18(27)14-9-12(22)5-7-16(14)28-20(23)24/h5,7,9,11,20H,4,6,8H2,1-3H3,(H,26,27)/t11-/m0/s1. The third-order valence-electron chi connectivity index (χ3n) is 5.23. The van der Waals surface area contributed by atoms with Crippen LogP contribution in [0.2, 0.25) is 0 Å². The molecule has 4 nitrogen and oxygen atoms in total. The Morgan fingerprint density at radius 3 is 2.76 bits per heavy atom. The highest BCUT2D eigenvalue weighted by molar-refractivity contribution is 9.10. The van der Waals surface area contributed by atoms with E-state index >= 15 is 0 Å². The summed E-state index contributed by atoms with van der Waals surface area (Å²) in [5, 5.41) is 12.9. The fourth-order valence-electron chi connectivity index (χ4n) is 3.58. The average molecular weight is 483 g/mol. The minimum absolute atomic E-state index is 0.0255. The van der Waals surface area contributed by atoms with Gasteiger partial charge < -0.3 is 10.1 Å². The van der Waals surface area contributed by atoms with Gasteiger partial charge in [0.05, 0.1) is 11.1 Å². The molecule has 0 saturated heterocycles. The number of nitriles is 1. The number of halogens is 3. The number of alkyl halides is 2. The van der Waals surface area contributed by atoms with Crippen molar-refractivity contribution in [3.05, 3.63) is 44.2 Å². The van der Waals surface area contributed by atoms with Crippen LogP contribution in [0.4, 0.5) is 13.8 Å². The monoisotopic (exact) mass is 482 g/mol. The Kier molecular flexibility index (Phi) is 6.30. The second-order valence-electron chi connectivity index (χ2n) is 8.10. The molecule has 3 rings (SSSR count). The van der Waals surface area contributed by atoms with Crippen molar-refractivity contribution in [2.75, 3.05) is 5.32 Å². The number of nitrogens with one attached hydrogen (secondary N) is 1. The number of hydrogen-bond acceptors (Lipinski definition) is 4. The molecule has 0 aliphatic heterocycles. The summed E-state index contributed by atoms with van der Waals surface area (Å²) < 4.78 is 30.4. The lowest BCUT2D eigenvalue weighted by molar-refractivity contribution is -0.0501. The van der Waals surface area contributed by atoms with Crippen LogP contribution < -0.4 is 10.1 Å². The number of amides is 1. The first kappa shape index (κ1) is 21.7. The van der Waals surface area contributed by atoms with E-state index in [4.69, 9.17) is 0 Å². The first-order chi connectivity index (χ1) is 13.6. The van der Waals surface area contributed by atoms with E-state index in [1.165, 1.54) is 29.5 Å². The van der Waals surface area contributed by atoms with Gasteiger partial charge in [-0.3, -0.25) is 4.79 Å². The van der Waals surface area contributed by atoms with Crippen LogP contribution in [0.25, 0.3) is 0 Å². The summed E-state index contributed by atoms with van der Waals surface area (Å²) in [5.41, 5.74) is 1.60. The van der Waals surface area contributed by atoms with Crippen LogP contribution in [0.3, 0.4) is 0 Å². The number of rotatable bonds is 4. The zero-order chi connectivity index (χ0) is 21.3. The molecule has 0 bridgehead atoms. The van der Waals surface area contributed by atoms with Gasteiger partial charge in [-0.2, -0.15) is 14.0 Å². The number of fused-ring (bicyclic) bond motifs is 1. The lowest BCUT2D eigenvalue weighted by atomic mass is 9.72. The second kappa shape index (κ2) is 8.41. The maximum absolute atomic E-state index is 12.8. The minimum Gasteiger partial charge on any atom is -0.434 e. The normalized spacial score (nSPS) is 16.3. The van der Waals surface area contributed by atoms with Gasteiger partial charge in [0, 0.05) is 9.35 Å². The van der Waals surface area contributed by atoms with Crippen LogP contribution in [-0.2, 0) is 12.8 Å². The van der Waals surface area contributed by atoms with Gasteiger partial charge in [-0.05, 0) is 54.4 Å². The van der Waals surface area contributed by atoms with Crippen LogP contribution in [0.1, 0.15) is 53.6 Å². The SMILES string of the molecule is CC(C)(C)[C@H]1CCc2c(sc(NC(=O)c3cc(Br)ccc3OC(F)F)c2C#N)C1. The summed E-state index contributed by atoms with van der Waals surface area (Å²) in [4.78, 5) is 13.9. The van der Waals surface area contributed by atoms with Gasteiger partial charge in [0.1, 0.15) is 16.8 Å². The zero-order valence-electron chi connectivity index (χ0n) is 16.3. The van der Waals surface area contributed by atoms with Gasteiger partial charge in [0.25, 0.3) is 5.91 Å². The van der Waals surface area contributed by atoms with Crippen molar-refractivity contribution < 1.29 is 18.3 Å². The second-order valence-corrected chi connectivity index (χ2v) is 10.1. The number of carbonyl (C=O) groups is 1. The number of thiophene rings is 1. The summed E-state index contributed by atoms with van der Waals surface area (Å²) in [6.45, 7) is 3.59. The van der Waals surface area contributed by atoms with Crippen LogP contribution >= 0.6 is 27.3 Å². The van der Waals surface area contributed by atoms with E-state index < -0.39 is 12.5 Å². The lowest BCUT2D eigenvalue weighted by Gasteiger charge is -2.33. The van der Waals surface area contributed by atoms with Crippen molar-refractivity contribution in [2.24, 2.45) is 11.3 Å². The van der Waals surface area contributed by atoms with Gasteiger partial charge in [0.15, 0.2) is 0 Å². The summed E-state index contributed by atoms with van der Waals surface area (Å²) in [6.07, 6.45) is 2.65. The van der Waals surface area contributed by atoms with E-state index in [1.807, 2.05) is 0 Å². The minimum atomic E-state index is -3.04. The van der Waals surface area contributed by atoms with Crippen LogP contribution in [-0.4, -0.2) is 12.5 Å². The number of anilines is 1. The van der Waals surface area contributed by atoms with E-state index in [-0.39, 0.29) is 16.7 Å². The van der Waals surface area contributed by atoms with E-state index in [1.54, 1.807) is 0 Å². The van der Waals surface area contributed by atoms with E-state index in [0.717, 1.165) is 29.7 Å². The number of hydrogen-bond donors (Lipinski definition) is 1. The fourth-order valence-corrected chi connectivity index (χ4v) is 5.21. The van der Waals surface area contributed by atoms with E-state index in [0.29, 0.717) is 21.0 Å². The molecule has 0 radical (unpaired) electrons. The lowest BCUT2D eigenvalue weighted by Crippen LogP contribution is -2.26. The predicted octanol–water partition coefficient (Wildman–Crippen LogP) is 6.39. The molecule has 1 aromatic heterocycles. The van der Waals surface area contributed by atoms with Gasteiger partial charge in [-0.1, -0.05) is 36.7 Å². The molecule has 2 aromatic rings. The number of carbonyl (C=O) groups excluding carboxylic acids is 1. The molecular weight excluding hydrogens is 462 g/mol. The quantitative estimate of drug-likeness (QED) is 0.549. The highest BCUT2D eigenvalue weighted by Gasteiger charge is 2.32. The fraction of sp³-hybridized carbons (Fsp3) is 0.429.